The minimum absolute atomic E-state index is 0.162. The van der Waals surface area contributed by atoms with Gasteiger partial charge in [0.1, 0.15) is 0 Å². The van der Waals surface area contributed by atoms with E-state index in [4.69, 9.17) is 0 Å². The average molecular weight is 233 g/mol. The first-order chi connectivity index (χ1) is 8.27. The Labute approximate surface area is 102 Å². The van der Waals surface area contributed by atoms with E-state index >= 15 is 0 Å². The highest BCUT2D eigenvalue weighted by Gasteiger charge is 2.18. The quantitative estimate of drug-likeness (QED) is 0.854. The van der Waals surface area contributed by atoms with Gasteiger partial charge in [-0.25, -0.2) is 0 Å². The lowest BCUT2D eigenvalue weighted by Gasteiger charge is -2.18. The third kappa shape index (κ3) is 3.27. The summed E-state index contributed by atoms with van der Waals surface area (Å²) in [4.78, 5) is 17.8. The van der Waals surface area contributed by atoms with Crippen molar-refractivity contribution in [2.75, 3.05) is 19.6 Å². The number of likely N-dealkylation sites (tertiary alicyclic amines) is 1. The molecule has 0 aliphatic carbocycles. The maximum absolute atomic E-state index is 11.8. The Morgan fingerprint density at radius 2 is 2.29 bits per heavy atom. The van der Waals surface area contributed by atoms with Gasteiger partial charge in [-0.3, -0.25) is 9.78 Å². The minimum atomic E-state index is 0.162. The lowest BCUT2D eigenvalue weighted by atomic mass is 10.1. The highest BCUT2D eigenvalue weighted by atomic mass is 16.2. The number of nitrogens with zero attached hydrogens (tertiary/aromatic N) is 2. The van der Waals surface area contributed by atoms with Gasteiger partial charge in [0.25, 0.3) is 0 Å². The Morgan fingerprint density at radius 3 is 2.94 bits per heavy atom. The number of hydrogen-bond donors (Lipinski definition) is 1. The molecule has 1 aromatic rings. The first-order valence-electron chi connectivity index (χ1n) is 6.18. The van der Waals surface area contributed by atoms with Crippen LogP contribution in [0.3, 0.4) is 0 Å². The third-order valence-electron chi connectivity index (χ3n) is 3.20. The molecule has 0 unspecified atom stereocenters. The molecular formula is C13H19N3O. The van der Waals surface area contributed by atoms with E-state index in [1.54, 1.807) is 6.20 Å². The summed E-state index contributed by atoms with van der Waals surface area (Å²) in [7, 11) is 0. The van der Waals surface area contributed by atoms with Crippen LogP contribution in [0.25, 0.3) is 0 Å². The molecule has 1 atom stereocenters. The maximum Gasteiger partial charge on any atom is 0.236 e. The molecule has 1 aliphatic rings. The molecule has 0 radical (unpaired) electrons. The van der Waals surface area contributed by atoms with Crippen LogP contribution in [0.4, 0.5) is 0 Å². The van der Waals surface area contributed by atoms with Gasteiger partial charge in [0.2, 0.25) is 5.91 Å². The molecule has 2 rings (SSSR count). The zero-order valence-corrected chi connectivity index (χ0v) is 10.2. The molecule has 0 spiro atoms. The van der Waals surface area contributed by atoms with E-state index in [0.29, 0.717) is 6.54 Å². The fraction of sp³-hybridized carbons (Fsp3) is 0.538. The Bertz CT molecular complexity index is 360. The van der Waals surface area contributed by atoms with Crippen LogP contribution in [0.5, 0.6) is 0 Å². The molecule has 1 saturated heterocycles. The zero-order chi connectivity index (χ0) is 12.1. The van der Waals surface area contributed by atoms with Gasteiger partial charge >= 0.3 is 0 Å². The van der Waals surface area contributed by atoms with Crippen LogP contribution in [0, 0.1) is 0 Å². The van der Waals surface area contributed by atoms with Crippen molar-refractivity contribution in [2.24, 2.45) is 0 Å². The van der Waals surface area contributed by atoms with Gasteiger partial charge in [-0.1, -0.05) is 6.07 Å². The van der Waals surface area contributed by atoms with Gasteiger partial charge in [0.05, 0.1) is 6.54 Å². The van der Waals surface area contributed by atoms with Crippen molar-refractivity contribution in [1.82, 2.24) is 15.2 Å². The average Bonchev–Trinajstić information content (AvgIpc) is 2.90. The fourth-order valence-corrected chi connectivity index (χ4v) is 2.07. The molecule has 1 fully saturated rings. The summed E-state index contributed by atoms with van der Waals surface area (Å²) in [5, 5.41) is 3.24. The first-order valence-corrected chi connectivity index (χ1v) is 6.18. The molecule has 92 valence electrons. The Hall–Kier alpha value is -1.42. The van der Waals surface area contributed by atoms with Crippen LogP contribution in [0.15, 0.2) is 24.5 Å². The largest absolute Gasteiger partial charge is 0.342 e. The number of carbonyl (C=O) groups is 1. The summed E-state index contributed by atoms with van der Waals surface area (Å²) in [6.45, 7) is 4.30. The lowest BCUT2D eigenvalue weighted by Crippen LogP contribution is -2.37. The zero-order valence-electron chi connectivity index (χ0n) is 10.2. The van der Waals surface area contributed by atoms with Crippen molar-refractivity contribution in [3.63, 3.8) is 0 Å². The molecule has 0 aromatic carbocycles. The molecule has 4 heteroatoms. The summed E-state index contributed by atoms with van der Waals surface area (Å²) >= 11 is 0. The summed E-state index contributed by atoms with van der Waals surface area (Å²) in [5.41, 5.74) is 1.11. The number of rotatable bonds is 4. The second-order valence-electron chi connectivity index (χ2n) is 4.48. The Balaban J connectivity index is 1.80. The van der Waals surface area contributed by atoms with Crippen LogP contribution < -0.4 is 5.32 Å². The number of nitrogens with one attached hydrogen (secondary N) is 1. The van der Waals surface area contributed by atoms with Crippen molar-refractivity contribution >= 4 is 5.91 Å². The first kappa shape index (κ1) is 12.0. The van der Waals surface area contributed by atoms with Crippen LogP contribution in [0.2, 0.25) is 0 Å². The van der Waals surface area contributed by atoms with Gasteiger partial charge in [-0.15, -0.1) is 0 Å². The SMILES string of the molecule is C[C@H](NCC(=O)N1CCCC1)c1cccnc1. The summed E-state index contributed by atoms with van der Waals surface area (Å²) in [5.74, 6) is 0.207. The second-order valence-corrected chi connectivity index (χ2v) is 4.48. The molecule has 0 bridgehead atoms. The highest BCUT2D eigenvalue weighted by molar-refractivity contribution is 5.78. The number of carbonyl (C=O) groups excluding carboxylic acids is 1. The van der Waals surface area contributed by atoms with Crippen LogP contribution >= 0.6 is 0 Å². The third-order valence-corrected chi connectivity index (χ3v) is 3.20. The monoisotopic (exact) mass is 233 g/mol. The standard InChI is InChI=1S/C13H19N3O/c1-11(12-5-4-6-14-9-12)15-10-13(17)16-7-2-3-8-16/h4-6,9,11,15H,2-3,7-8,10H2,1H3/t11-/m0/s1. The Morgan fingerprint density at radius 1 is 1.53 bits per heavy atom. The van der Waals surface area contributed by atoms with E-state index < -0.39 is 0 Å². The molecule has 1 N–H and O–H groups in total. The van der Waals surface area contributed by atoms with Crippen molar-refractivity contribution in [3.05, 3.63) is 30.1 Å². The van der Waals surface area contributed by atoms with Gasteiger partial charge in [0, 0.05) is 31.5 Å². The van der Waals surface area contributed by atoms with E-state index in [-0.39, 0.29) is 11.9 Å². The van der Waals surface area contributed by atoms with Crippen molar-refractivity contribution < 1.29 is 4.79 Å². The second kappa shape index (κ2) is 5.77. The van der Waals surface area contributed by atoms with Crippen LogP contribution in [-0.4, -0.2) is 35.4 Å². The molecule has 1 aromatic heterocycles. The summed E-state index contributed by atoms with van der Waals surface area (Å²) < 4.78 is 0. The van der Waals surface area contributed by atoms with Crippen molar-refractivity contribution in [2.45, 2.75) is 25.8 Å². The fourth-order valence-electron chi connectivity index (χ4n) is 2.07. The predicted molar refractivity (Wildman–Crippen MR) is 66.5 cm³/mol. The van der Waals surface area contributed by atoms with Crippen molar-refractivity contribution in [3.8, 4) is 0 Å². The van der Waals surface area contributed by atoms with Crippen molar-refractivity contribution in [1.29, 1.82) is 0 Å². The van der Waals surface area contributed by atoms with Gasteiger partial charge in [-0.05, 0) is 31.4 Å². The molecule has 4 nitrogen and oxygen atoms in total. The normalized spacial score (nSPS) is 17.1. The Kier molecular flexibility index (Phi) is 4.09. The van der Waals surface area contributed by atoms with Gasteiger partial charge in [-0.2, -0.15) is 0 Å². The van der Waals surface area contributed by atoms with E-state index in [0.717, 1.165) is 31.5 Å². The molecule has 17 heavy (non-hydrogen) atoms. The van der Waals surface area contributed by atoms with E-state index in [1.165, 1.54) is 0 Å². The summed E-state index contributed by atoms with van der Waals surface area (Å²) in [6.07, 6.45) is 5.87. The summed E-state index contributed by atoms with van der Waals surface area (Å²) in [6, 6.07) is 4.09. The van der Waals surface area contributed by atoms with Crippen LogP contribution in [0.1, 0.15) is 31.4 Å². The molecule has 2 heterocycles. The van der Waals surface area contributed by atoms with E-state index in [1.807, 2.05) is 30.2 Å². The molecule has 1 aliphatic heterocycles. The predicted octanol–water partition coefficient (Wildman–Crippen LogP) is 1.35. The number of amides is 1. The minimum Gasteiger partial charge on any atom is -0.342 e. The molecular weight excluding hydrogens is 214 g/mol. The molecule has 1 amide bonds. The van der Waals surface area contributed by atoms with Gasteiger partial charge in [0.15, 0.2) is 0 Å². The van der Waals surface area contributed by atoms with E-state index in [9.17, 15) is 4.79 Å². The maximum atomic E-state index is 11.8. The number of aromatic nitrogens is 1. The number of hydrogen-bond acceptors (Lipinski definition) is 3. The number of pyridine rings is 1. The smallest absolute Gasteiger partial charge is 0.236 e. The lowest BCUT2D eigenvalue weighted by molar-refractivity contribution is -0.129. The van der Waals surface area contributed by atoms with E-state index in [2.05, 4.69) is 10.3 Å². The topological polar surface area (TPSA) is 45.2 Å². The molecule has 0 saturated carbocycles. The van der Waals surface area contributed by atoms with Crippen LogP contribution in [-0.2, 0) is 4.79 Å². The van der Waals surface area contributed by atoms with Gasteiger partial charge < -0.3 is 10.2 Å². The highest BCUT2D eigenvalue weighted by Crippen LogP contribution is 2.10.